The van der Waals surface area contributed by atoms with Crippen molar-refractivity contribution in [1.29, 1.82) is 0 Å². The van der Waals surface area contributed by atoms with Gasteiger partial charge >= 0.3 is 11.9 Å². The number of amides is 1. The highest BCUT2D eigenvalue weighted by atomic mass is 32.2. The van der Waals surface area contributed by atoms with E-state index in [1.165, 1.54) is 23.6 Å². The molecule has 10 heteroatoms. The fraction of sp³-hybridized carbons (Fsp3) is 0.706. The minimum absolute atomic E-state index is 0.000998. The predicted octanol–water partition coefficient (Wildman–Crippen LogP) is -0.476. The van der Waals surface area contributed by atoms with E-state index in [9.17, 15) is 29.7 Å². The Labute approximate surface area is 162 Å². The molecule has 152 valence electrons. The van der Waals surface area contributed by atoms with Gasteiger partial charge in [-0.1, -0.05) is 6.92 Å². The molecule has 0 radical (unpaired) electrons. The van der Waals surface area contributed by atoms with E-state index in [4.69, 9.17) is 0 Å². The topological polar surface area (TPSA) is 139 Å². The highest BCUT2D eigenvalue weighted by molar-refractivity contribution is 8.03. The largest absolute Gasteiger partial charge is 0.481 e. The molecule has 2 rings (SSSR count). The number of carbonyl (C=O) groups is 3. The van der Waals surface area contributed by atoms with Gasteiger partial charge < -0.3 is 30.9 Å². The Morgan fingerprint density at radius 3 is 2.37 bits per heavy atom. The molecule has 1 amide bonds. The standard InChI is InChI=1S/C17H27N3O6S/c1-7-12(11(8(2)21)16(23)24)19-13(17(25)26)14(7)27-9-5-10(18-6-9)15(22)20(3)4/h7-12,18-19,21H,5-6H2,1-4H3,(H,23,24)(H,25,26)/t7-,8-,9+,10+,11-,12+/m1/s1. The first-order valence-corrected chi connectivity index (χ1v) is 9.68. The second-order valence-electron chi connectivity index (χ2n) is 7.28. The Bertz CT molecular complexity index is 651. The van der Waals surface area contributed by atoms with Crippen molar-refractivity contribution in [2.24, 2.45) is 11.8 Å². The van der Waals surface area contributed by atoms with Gasteiger partial charge in [0.1, 0.15) is 11.6 Å². The molecular weight excluding hydrogens is 374 g/mol. The summed E-state index contributed by atoms with van der Waals surface area (Å²) >= 11 is 1.37. The van der Waals surface area contributed by atoms with Gasteiger partial charge in [-0.05, 0) is 13.3 Å². The molecule has 0 aromatic carbocycles. The Morgan fingerprint density at radius 1 is 1.26 bits per heavy atom. The first-order valence-electron chi connectivity index (χ1n) is 8.80. The third-order valence-corrected chi connectivity index (χ3v) is 6.56. The minimum atomic E-state index is -1.18. The summed E-state index contributed by atoms with van der Waals surface area (Å²) in [5, 5.41) is 34.8. The Balaban J connectivity index is 2.16. The zero-order valence-electron chi connectivity index (χ0n) is 15.8. The summed E-state index contributed by atoms with van der Waals surface area (Å²) in [7, 11) is 3.37. The molecule has 0 spiro atoms. The minimum Gasteiger partial charge on any atom is -0.481 e. The maximum atomic E-state index is 12.1. The van der Waals surface area contributed by atoms with E-state index in [2.05, 4.69) is 10.6 Å². The lowest BCUT2D eigenvalue weighted by atomic mass is 9.87. The molecule has 9 nitrogen and oxygen atoms in total. The van der Waals surface area contributed by atoms with Gasteiger partial charge in [-0.2, -0.15) is 0 Å². The molecule has 0 saturated carbocycles. The lowest BCUT2D eigenvalue weighted by Crippen LogP contribution is -2.45. The summed E-state index contributed by atoms with van der Waals surface area (Å²) in [4.78, 5) is 37.4. The van der Waals surface area contributed by atoms with E-state index < -0.39 is 30.0 Å². The van der Waals surface area contributed by atoms with Crippen molar-refractivity contribution in [1.82, 2.24) is 15.5 Å². The maximum Gasteiger partial charge on any atom is 0.352 e. The summed E-state index contributed by atoms with van der Waals surface area (Å²) in [5.41, 5.74) is -0.0215. The van der Waals surface area contributed by atoms with E-state index in [1.807, 2.05) is 0 Å². The molecule has 2 heterocycles. The summed E-state index contributed by atoms with van der Waals surface area (Å²) in [5.74, 6) is -3.88. The summed E-state index contributed by atoms with van der Waals surface area (Å²) in [6, 6.07) is -1.03. The number of rotatable bonds is 7. The van der Waals surface area contributed by atoms with Crippen molar-refractivity contribution in [3.8, 4) is 0 Å². The molecule has 0 aromatic heterocycles. The van der Waals surface area contributed by atoms with Crippen LogP contribution in [0.1, 0.15) is 20.3 Å². The SMILES string of the molecule is C[C@@H](O)[C@@H](C(=O)O)[C@H]1NC(C(=O)O)=C(S[C@@H]2CN[C@H](C(=O)N(C)C)C2)[C@@H]1C. The monoisotopic (exact) mass is 401 g/mol. The Hall–Kier alpha value is -1.78. The molecule has 5 N–H and O–H groups in total. The van der Waals surface area contributed by atoms with E-state index in [-0.39, 0.29) is 28.8 Å². The number of carboxylic acid groups (broad SMARTS) is 2. The quantitative estimate of drug-likeness (QED) is 0.383. The van der Waals surface area contributed by atoms with Gasteiger partial charge in [0.25, 0.3) is 0 Å². The van der Waals surface area contributed by atoms with Crippen LogP contribution in [-0.2, 0) is 14.4 Å². The maximum absolute atomic E-state index is 12.1. The third kappa shape index (κ3) is 4.56. The molecule has 2 aliphatic heterocycles. The van der Waals surface area contributed by atoms with Crippen LogP contribution in [0.4, 0.5) is 0 Å². The highest BCUT2D eigenvalue weighted by Gasteiger charge is 2.45. The average molecular weight is 401 g/mol. The van der Waals surface area contributed by atoms with Gasteiger partial charge in [-0.15, -0.1) is 11.8 Å². The fourth-order valence-electron chi connectivity index (χ4n) is 3.62. The van der Waals surface area contributed by atoms with Gasteiger partial charge in [0.05, 0.1) is 12.1 Å². The number of aliphatic hydroxyl groups excluding tert-OH is 1. The highest BCUT2D eigenvalue weighted by Crippen LogP contribution is 2.41. The molecule has 6 atom stereocenters. The Kier molecular flexibility index (Phi) is 6.77. The van der Waals surface area contributed by atoms with Gasteiger partial charge in [0.15, 0.2) is 0 Å². The van der Waals surface area contributed by atoms with Crippen LogP contribution in [0.15, 0.2) is 10.6 Å². The van der Waals surface area contributed by atoms with Gasteiger partial charge in [0.2, 0.25) is 5.91 Å². The van der Waals surface area contributed by atoms with E-state index in [0.717, 1.165) is 0 Å². The van der Waals surface area contributed by atoms with Crippen molar-refractivity contribution in [3.05, 3.63) is 10.6 Å². The molecule has 27 heavy (non-hydrogen) atoms. The van der Waals surface area contributed by atoms with E-state index in [1.54, 1.807) is 21.0 Å². The molecule has 0 unspecified atom stereocenters. The van der Waals surface area contributed by atoms with Crippen LogP contribution >= 0.6 is 11.8 Å². The van der Waals surface area contributed by atoms with Crippen molar-refractivity contribution in [2.45, 2.75) is 43.7 Å². The van der Waals surface area contributed by atoms with Gasteiger partial charge in [-0.25, -0.2) is 4.79 Å². The fourth-order valence-corrected chi connectivity index (χ4v) is 5.07. The number of carbonyl (C=O) groups excluding carboxylic acids is 1. The predicted molar refractivity (Wildman–Crippen MR) is 100 cm³/mol. The first-order chi connectivity index (χ1) is 12.5. The number of likely N-dealkylation sites (N-methyl/N-ethyl adjacent to an activating group) is 1. The van der Waals surface area contributed by atoms with Gasteiger partial charge in [-0.3, -0.25) is 9.59 Å². The first kappa shape index (κ1) is 21.5. The zero-order valence-corrected chi connectivity index (χ0v) is 16.6. The zero-order chi connectivity index (χ0) is 20.5. The van der Waals surface area contributed by atoms with Crippen molar-refractivity contribution in [2.75, 3.05) is 20.6 Å². The number of aliphatic hydroxyl groups is 1. The normalized spacial score (nSPS) is 30.0. The van der Waals surface area contributed by atoms with Crippen LogP contribution in [0.2, 0.25) is 0 Å². The molecule has 1 saturated heterocycles. The molecule has 2 aliphatic rings. The van der Waals surface area contributed by atoms with E-state index in [0.29, 0.717) is 17.9 Å². The van der Waals surface area contributed by atoms with Crippen molar-refractivity contribution in [3.63, 3.8) is 0 Å². The number of nitrogens with one attached hydrogen (secondary N) is 2. The smallest absolute Gasteiger partial charge is 0.352 e. The van der Waals surface area contributed by atoms with Crippen LogP contribution in [0, 0.1) is 11.8 Å². The van der Waals surface area contributed by atoms with Crippen LogP contribution < -0.4 is 10.6 Å². The lowest BCUT2D eigenvalue weighted by Gasteiger charge is -2.27. The van der Waals surface area contributed by atoms with Crippen molar-refractivity contribution >= 4 is 29.6 Å². The number of carboxylic acids is 2. The number of aliphatic carboxylic acids is 2. The van der Waals surface area contributed by atoms with Crippen LogP contribution in [0.25, 0.3) is 0 Å². The molecule has 0 aliphatic carbocycles. The number of hydrogen-bond acceptors (Lipinski definition) is 7. The van der Waals surface area contributed by atoms with Crippen LogP contribution in [0.3, 0.4) is 0 Å². The lowest BCUT2D eigenvalue weighted by molar-refractivity contribution is -0.147. The van der Waals surface area contributed by atoms with Crippen molar-refractivity contribution < 1.29 is 29.7 Å². The summed E-state index contributed by atoms with van der Waals surface area (Å²) in [6.45, 7) is 3.71. The van der Waals surface area contributed by atoms with Crippen LogP contribution in [-0.4, -0.2) is 82.1 Å². The molecular formula is C17H27N3O6S. The van der Waals surface area contributed by atoms with Crippen LogP contribution in [0.5, 0.6) is 0 Å². The molecule has 0 aromatic rings. The number of thioether (sulfide) groups is 1. The summed E-state index contributed by atoms with van der Waals surface area (Å²) in [6.07, 6.45) is -0.564. The molecule has 0 bridgehead atoms. The summed E-state index contributed by atoms with van der Waals surface area (Å²) < 4.78 is 0. The van der Waals surface area contributed by atoms with Gasteiger partial charge in [0, 0.05) is 42.8 Å². The number of nitrogens with zero attached hydrogens (tertiary/aromatic N) is 1. The van der Waals surface area contributed by atoms with E-state index >= 15 is 0 Å². The molecule has 1 fully saturated rings. The third-order valence-electron chi connectivity index (χ3n) is 5.04. The average Bonchev–Trinajstić information content (AvgIpc) is 3.13. The number of hydrogen-bond donors (Lipinski definition) is 5. The second kappa shape index (κ2) is 8.49. The second-order valence-corrected chi connectivity index (χ2v) is 8.62. The Morgan fingerprint density at radius 2 is 1.89 bits per heavy atom.